The van der Waals surface area contributed by atoms with Crippen LogP contribution in [0.3, 0.4) is 0 Å². The van der Waals surface area contributed by atoms with Crippen LogP contribution in [0.15, 0.2) is 43.0 Å². The topological polar surface area (TPSA) is 34.9 Å². The SMILES string of the molecule is O=C(Cl)c1cccc(Cn2ccnc2)c1. The molecular formula is C11H9ClN2O. The van der Waals surface area contributed by atoms with E-state index in [4.69, 9.17) is 11.6 Å². The molecule has 0 radical (unpaired) electrons. The second kappa shape index (κ2) is 4.28. The van der Waals surface area contributed by atoms with Crippen LogP contribution in [0.2, 0.25) is 0 Å². The molecule has 0 amide bonds. The minimum atomic E-state index is -0.428. The molecule has 0 aliphatic rings. The fourth-order valence-electron chi connectivity index (χ4n) is 1.38. The van der Waals surface area contributed by atoms with Gasteiger partial charge in [-0.05, 0) is 23.2 Å². The lowest BCUT2D eigenvalue weighted by Crippen LogP contribution is -1.98. The first-order valence-electron chi connectivity index (χ1n) is 4.50. The largest absolute Gasteiger partial charge is 0.333 e. The molecule has 1 aromatic carbocycles. The molecule has 3 nitrogen and oxygen atoms in total. The van der Waals surface area contributed by atoms with Crippen molar-refractivity contribution in [3.05, 3.63) is 54.1 Å². The van der Waals surface area contributed by atoms with E-state index >= 15 is 0 Å². The number of hydrogen-bond acceptors (Lipinski definition) is 2. The van der Waals surface area contributed by atoms with Crippen LogP contribution in [0.5, 0.6) is 0 Å². The highest BCUT2D eigenvalue weighted by atomic mass is 35.5. The van der Waals surface area contributed by atoms with E-state index in [1.54, 1.807) is 24.7 Å². The van der Waals surface area contributed by atoms with Gasteiger partial charge in [-0.2, -0.15) is 0 Å². The average Bonchev–Trinajstić information content (AvgIpc) is 2.71. The molecular weight excluding hydrogens is 212 g/mol. The van der Waals surface area contributed by atoms with E-state index in [9.17, 15) is 4.79 Å². The summed E-state index contributed by atoms with van der Waals surface area (Å²) >= 11 is 5.40. The maximum Gasteiger partial charge on any atom is 0.252 e. The molecule has 2 rings (SSSR count). The summed E-state index contributed by atoms with van der Waals surface area (Å²) in [6.45, 7) is 0.692. The summed E-state index contributed by atoms with van der Waals surface area (Å²) in [4.78, 5) is 14.9. The molecule has 1 heterocycles. The molecule has 0 spiro atoms. The van der Waals surface area contributed by atoms with E-state index < -0.39 is 5.24 Å². The van der Waals surface area contributed by atoms with Crippen molar-refractivity contribution in [3.8, 4) is 0 Å². The van der Waals surface area contributed by atoms with Gasteiger partial charge in [-0.3, -0.25) is 4.79 Å². The third-order valence-electron chi connectivity index (χ3n) is 2.08. The Kier molecular flexibility index (Phi) is 2.83. The van der Waals surface area contributed by atoms with Crippen molar-refractivity contribution in [3.63, 3.8) is 0 Å². The lowest BCUT2D eigenvalue weighted by molar-refractivity contribution is 0.108. The Morgan fingerprint density at radius 2 is 2.33 bits per heavy atom. The van der Waals surface area contributed by atoms with Crippen LogP contribution in [0.4, 0.5) is 0 Å². The van der Waals surface area contributed by atoms with Gasteiger partial charge in [0.15, 0.2) is 0 Å². The molecule has 0 fully saturated rings. The Morgan fingerprint density at radius 3 is 3.00 bits per heavy atom. The molecule has 1 aromatic heterocycles. The van der Waals surface area contributed by atoms with Crippen molar-refractivity contribution in [2.24, 2.45) is 0 Å². The number of imidazole rings is 1. The molecule has 0 saturated heterocycles. The zero-order valence-electron chi connectivity index (χ0n) is 7.93. The Balaban J connectivity index is 2.22. The number of carbonyl (C=O) groups excluding carboxylic acids is 1. The Bertz CT molecular complexity index is 465. The minimum Gasteiger partial charge on any atom is -0.333 e. The molecule has 76 valence electrons. The van der Waals surface area contributed by atoms with Gasteiger partial charge >= 0.3 is 0 Å². The number of halogens is 1. The standard InChI is InChI=1S/C11H9ClN2O/c12-11(15)10-3-1-2-9(6-10)7-14-5-4-13-8-14/h1-6,8H,7H2. The van der Waals surface area contributed by atoms with E-state index in [0.717, 1.165) is 5.56 Å². The summed E-state index contributed by atoms with van der Waals surface area (Å²) < 4.78 is 1.93. The van der Waals surface area contributed by atoms with Gasteiger partial charge < -0.3 is 4.57 Å². The first-order chi connectivity index (χ1) is 7.25. The monoisotopic (exact) mass is 220 g/mol. The molecule has 0 atom stereocenters. The lowest BCUT2D eigenvalue weighted by atomic mass is 10.1. The molecule has 0 N–H and O–H groups in total. The van der Waals surface area contributed by atoms with Gasteiger partial charge in [-0.25, -0.2) is 4.98 Å². The second-order valence-corrected chi connectivity index (χ2v) is 3.55. The summed E-state index contributed by atoms with van der Waals surface area (Å²) in [6, 6.07) is 7.26. The van der Waals surface area contributed by atoms with Gasteiger partial charge in [-0.1, -0.05) is 18.2 Å². The molecule has 0 bridgehead atoms. The highest BCUT2D eigenvalue weighted by molar-refractivity contribution is 6.67. The highest BCUT2D eigenvalue weighted by Crippen LogP contribution is 2.09. The third-order valence-corrected chi connectivity index (χ3v) is 2.30. The summed E-state index contributed by atoms with van der Waals surface area (Å²) in [5.41, 5.74) is 1.55. The van der Waals surface area contributed by atoms with Crippen LogP contribution in [0.25, 0.3) is 0 Å². The van der Waals surface area contributed by atoms with Gasteiger partial charge in [0, 0.05) is 24.5 Å². The van der Waals surface area contributed by atoms with E-state index in [1.165, 1.54) is 0 Å². The number of rotatable bonds is 3. The Morgan fingerprint density at radius 1 is 1.47 bits per heavy atom. The van der Waals surface area contributed by atoms with Crippen LogP contribution in [0.1, 0.15) is 15.9 Å². The fourth-order valence-corrected chi connectivity index (χ4v) is 1.50. The number of carbonyl (C=O) groups is 1. The maximum absolute atomic E-state index is 10.9. The normalized spacial score (nSPS) is 10.2. The summed E-state index contributed by atoms with van der Waals surface area (Å²) in [7, 11) is 0. The molecule has 0 saturated carbocycles. The van der Waals surface area contributed by atoms with Gasteiger partial charge in [0.1, 0.15) is 0 Å². The number of hydrogen-bond donors (Lipinski definition) is 0. The van der Waals surface area contributed by atoms with E-state index in [2.05, 4.69) is 4.98 Å². The van der Waals surface area contributed by atoms with Crippen molar-refractivity contribution in [1.82, 2.24) is 9.55 Å². The fraction of sp³-hybridized carbons (Fsp3) is 0.0909. The van der Waals surface area contributed by atoms with E-state index in [0.29, 0.717) is 12.1 Å². The second-order valence-electron chi connectivity index (χ2n) is 3.21. The maximum atomic E-state index is 10.9. The third kappa shape index (κ3) is 2.44. The van der Waals surface area contributed by atoms with Crippen LogP contribution in [-0.2, 0) is 6.54 Å². The smallest absolute Gasteiger partial charge is 0.252 e. The van der Waals surface area contributed by atoms with Crippen LogP contribution in [-0.4, -0.2) is 14.8 Å². The molecule has 0 unspecified atom stereocenters. The number of nitrogens with zero attached hydrogens (tertiary/aromatic N) is 2. The molecule has 0 aliphatic heterocycles. The van der Waals surface area contributed by atoms with Crippen molar-refractivity contribution in [1.29, 1.82) is 0 Å². The Labute approximate surface area is 92.3 Å². The average molecular weight is 221 g/mol. The minimum absolute atomic E-state index is 0.428. The molecule has 0 aliphatic carbocycles. The van der Waals surface area contributed by atoms with Crippen molar-refractivity contribution >= 4 is 16.8 Å². The van der Waals surface area contributed by atoms with E-state index in [1.807, 2.05) is 22.9 Å². The number of benzene rings is 1. The summed E-state index contributed by atoms with van der Waals surface area (Å²) in [5, 5.41) is -0.428. The summed E-state index contributed by atoms with van der Waals surface area (Å²) in [5.74, 6) is 0. The van der Waals surface area contributed by atoms with Gasteiger partial charge in [0.25, 0.3) is 5.24 Å². The number of aromatic nitrogens is 2. The quantitative estimate of drug-likeness (QED) is 0.744. The zero-order valence-corrected chi connectivity index (χ0v) is 8.69. The molecule has 4 heteroatoms. The highest BCUT2D eigenvalue weighted by Gasteiger charge is 2.02. The van der Waals surface area contributed by atoms with Crippen molar-refractivity contribution in [2.75, 3.05) is 0 Å². The van der Waals surface area contributed by atoms with E-state index in [-0.39, 0.29) is 0 Å². The van der Waals surface area contributed by atoms with Crippen molar-refractivity contribution < 1.29 is 4.79 Å². The van der Waals surface area contributed by atoms with Gasteiger partial charge in [0.05, 0.1) is 6.33 Å². The van der Waals surface area contributed by atoms with Crippen LogP contribution >= 0.6 is 11.6 Å². The summed E-state index contributed by atoms with van der Waals surface area (Å²) in [6.07, 6.45) is 5.32. The Hall–Kier alpha value is -1.61. The zero-order chi connectivity index (χ0) is 10.7. The lowest BCUT2D eigenvalue weighted by Gasteiger charge is -2.03. The van der Waals surface area contributed by atoms with Crippen molar-refractivity contribution in [2.45, 2.75) is 6.54 Å². The van der Waals surface area contributed by atoms with Gasteiger partial charge in [0.2, 0.25) is 0 Å². The first kappa shape index (κ1) is 9.93. The predicted octanol–water partition coefficient (Wildman–Crippen LogP) is 2.31. The molecule has 15 heavy (non-hydrogen) atoms. The van der Waals surface area contributed by atoms with Crippen LogP contribution in [0, 0.1) is 0 Å². The van der Waals surface area contributed by atoms with Gasteiger partial charge in [-0.15, -0.1) is 0 Å². The first-order valence-corrected chi connectivity index (χ1v) is 4.88. The predicted molar refractivity (Wildman–Crippen MR) is 58.0 cm³/mol. The molecule has 2 aromatic rings. The van der Waals surface area contributed by atoms with Crippen LogP contribution < -0.4 is 0 Å².